The van der Waals surface area contributed by atoms with Gasteiger partial charge in [-0.2, -0.15) is 0 Å². The summed E-state index contributed by atoms with van der Waals surface area (Å²) in [4.78, 5) is 0.0422. The maximum atomic E-state index is 12.8. The van der Waals surface area contributed by atoms with Crippen molar-refractivity contribution in [1.82, 2.24) is 4.31 Å². The van der Waals surface area contributed by atoms with Crippen LogP contribution in [0, 0.1) is 5.92 Å². The third-order valence-corrected chi connectivity index (χ3v) is 5.61. The zero-order valence-corrected chi connectivity index (χ0v) is 14.7. The van der Waals surface area contributed by atoms with Crippen molar-refractivity contribution >= 4 is 10.0 Å². The van der Waals surface area contributed by atoms with Crippen LogP contribution >= 0.6 is 0 Å². The molecule has 22 heavy (non-hydrogen) atoms. The number of ether oxygens (including phenoxy) is 2. The third kappa shape index (κ3) is 4.12. The molecule has 1 atom stereocenters. The first kappa shape index (κ1) is 18.7. The molecule has 0 radical (unpaired) electrons. The molecule has 0 amide bonds. The average Bonchev–Trinajstić information content (AvgIpc) is 2.50. The standard InChI is InChI=1S/C15H26N2O4S/c1-11(2)12(16)9-10-17(3)22(18,19)15-13(20-4)7-6-8-14(15)21-5/h6-8,11-12H,9-10,16H2,1-5H3. The maximum Gasteiger partial charge on any atom is 0.250 e. The smallest absolute Gasteiger partial charge is 0.250 e. The highest BCUT2D eigenvalue weighted by Crippen LogP contribution is 2.34. The van der Waals surface area contributed by atoms with Crippen LogP contribution in [0.1, 0.15) is 20.3 Å². The van der Waals surface area contributed by atoms with Gasteiger partial charge in [0.1, 0.15) is 11.5 Å². The number of hydrogen-bond acceptors (Lipinski definition) is 5. The fraction of sp³-hybridized carbons (Fsp3) is 0.600. The van der Waals surface area contributed by atoms with Crippen molar-refractivity contribution in [2.24, 2.45) is 11.7 Å². The van der Waals surface area contributed by atoms with E-state index in [1.54, 1.807) is 18.2 Å². The molecule has 0 saturated carbocycles. The van der Waals surface area contributed by atoms with Crippen LogP contribution in [0.4, 0.5) is 0 Å². The van der Waals surface area contributed by atoms with Crippen LogP contribution in [0.15, 0.2) is 23.1 Å². The van der Waals surface area contributed by atoms with Crippen molar-refractivity contribution in [3.63, 3.8) is 0 Å². The van der Waals surface area contributed by atoms with Gasteiger partial charge in [-0.15, -0.1) is 0 Å². The van der Waals surface area contributed by atoms with Crippen LogP contribution < -0.4 is 15.2 Å². The lowest BCUT2D eigenvalue weighted by molar-refractivity contribution is 0.363. The van der Waals surface area contributed by atoms with Crippen molar-refractivity contribution < 1.29 is 17.9 Å². The first-order valence-corrected chi connectivity index (χ1v) is 8.62. The van der Waals surface area contributed by atoms with E-state index in [0.29, 0.717) is 18.9 Å². The summed E-state index contributed by atoms with van der Waals surface area (Å²) in [5.41, 5.74) is 5.99. The summed E-state index contributed by atoms with van der Waals surface area (Å²) in [5, 5.41) is 0. The molecule has 7 heteroatoms. The summed E-state index contributed by atoms with van der Waals surface area (Å²) in [6.45, 7) is 4.37. The summed E-state index contributed by atoms with van der Waals surface area (Å²) in [6, 6.07) is 4.84. The molecule has 0 spiro atoms. The van der Waals surface area contributed by atoms with E-state index in [4.69, 9.17) is 15.2 Å². The van der Waals surface area contributed by atoms with Crippen LogP contribution in [0.5, 0.6) is 11.5 Å². The van der Waals surface area contributed by atoms with Gasteiger partial charge in [0, 0.05) is 19.6 Å². The fourth-order valence-electron chi connectivity index (χ4n) is 2.01. The molecule has 0 aliphatic carbocycles. The zero-order valence-electron chi connectivity index (χ0n) is 13.9. The van der Waals surface area contributed by atoms with E-state index in [2.05, 4.69) is 0 Å². The molecule has 1 aromatic rings. The molecule has 0 aliphatic rings. The van der Waals surface area contributed by atoms with E-state index in [9.17, 15) is 8.42 Å². The first-order valence-electron chi connectivity index (χ1n) is 7.18. The minimum Gasteiger partial charge on any atom is -0.495 e. The van der Waals surface area contributed by atoms with Gasteiger partial charge in [-0.25, -0.2) is 12.7 Å². The molecule has 0 bridgehead atoms. The zero-order chi connectivity index (χ0) is 16.9. The van der Waals surface area contributed by atoms with Crippen molar-refractivity contribution in [2.45, 2.75) is 31.2 Å². The van der Waals surface area contributed by atoms with Gasteiger partial charge in [0.25, 0.3) is 0 Å². The number of nitrogens with zero attached hydrogens (tertiary/aromatic N) is 1. The second-order valence-corrected chi connectivity index (χ2v) is 7.50. The quantitative estimate of drug-likeness (QED) is 0.784. The summed E-state index contributed by atoms with van der Waals surface area (Å²) >= 11 is 0. The lowest BCUT2D eigenvalue weighted by Crippen LogP contribution is -2.35. The minimum absolute atomic E-state index is 0.0422. The molecule has 2 N–H and O–H groups in total. The number of methoxy groups -OCH3 is 2. The van der Waals surface area contributed by atoms with Crippen LogP contribution in [0.25, 0.3) is 0 Å². The highest BCUT2D eigenvalue weighted by molar-refractivity contribution is 7.89. The van der Waals surface area contributed by atoms with Crippen molar-refractivity contribution in [2.75, 3.05) is 27.8 Å². The van der Waals surface area contributed by atoms with Gasteiger partial charge < -0.3 is 15.2 Å². The number of benzene rings is 1. The summed E-state index contributed by atoms with van der Waals surface area (Å²) in [6.07, 6.45) is 0.588. The fourth-order valence-corrected chi connectivity index (χ4v) is 3.48. The van der Waals surface area contributed by atoms with E-state index >= 15 is 0 Å². The van der Waals surface area contributed by atoms with E-state index in [0.717, 1.165) is 0 Å². The largest absolute Gasteiger partial charge is 0.495 e. The number of rotatable bonds is 8. The Bertz CT molecular complexity index is 565. The first-order chi connectivity index (χ1) is 10.3. The number of hydrogen-bond donors (Lipinski definition) is 1. The molecule has 126 valence electrons. The third-order valence-electron chi connectivity index (χ3n) is 3.68. The molecule has 0 aliphatic heterocycles. The van der Waals surface area contributed by atoms with Gasteiger partial charge >= 0.3 is 0 Å². The predicted octanol–water partition coefficient (Wildman–Crippen LogP) is 1.70. The van der Waals surface area contributed by atoms with E-state index in [1.807, 2.05) is 13.8 Å². The van der Waals surface area contributed by atoms with Crippen molar-refractivity contribution in [1.29, 1.82) is 0 Å². The van der Waals surface area contributed by atoms with Gasteiger partial charge in [0.2, 0.25) is 10.0 Å². The van der Waals surface area contributed by atoms with Gasteiger partial charge in [-0.3, -0.25) is 0 Å². The Kier molecular flexibility index (Phi) is 6.65. The molecule has 1 aromatic carbocycles. The molecule has 0 saturated heterocycles. The molecular weight excluding hydrogens is 304 g/mol. The molecule has 1 unspecified atom stereocenters. The Morgan fingerprint density at radius 1 is 1.18 bits per heavy atom. The number of sulfonamides is 1. The molecule has 1 rings (SSSR count). The van der Waals surface area contributed by atoms with E-state index in [1.165, 1.54) is 25.6 Å². The van der Waals surface area contributed by atoms with E-state index < -0.39 is 10.0 Å². The van der Waals surface area contributed by atoms with Gasteiger partial charge in [0.15, 0.2) is 4.90 Å². The molecule has 0 fully saturated rings. The van der Waals surface area contributed by atoms with Crippen LogP contribution in [-0.2, 0) is 10.0 Å². The van der Waals surface area contributed by atoms with Crippen LogP contribution in [-0.4, -0.2) is 46.6 Å². The van der Waals surface area contributed by atoms with Crippen molar-refractivity contribution in [3.8, 4) is 11.5 Å². The van der Waals surface area contributed by atoms with Gasteiger partial charge in [-0.05, 0) is 24.5 Å². The molecule has 0 heterocycles. The Labute approximate surface area is 133 Å². The lowest BCUT2D eigenvalue weighted by Gasteiger charge is -2.23. The van der Waals surface area contributed by atoms with Crippen LogP contribution in [0.2, 0.25) is 0 Å². The predicted molar refractivity (Wildman–Crippen MR) is 86.8 cm³/mol. The summed E-state index contributed by atoms with van der Waals surface area (Å²) in [5.74, 6) is 0.829. The molecule has 0 aromatic heterocycles. The SMILES string of the molecule is COc1cccc(OC)c1S(=O)(=O)N(C)CCC(N)C(C)C. The van der Waals surface area contributed by atoms with E-state index in [-0.39, 0.29) is 22.4 Å². The molecular formula is C15H26N2O4S. The van der Waals surface area contributed by atoms with Gasteiger partial charge in [-0.1, -0.05) is 19.9 Å². The minimum atomic E-state index is -3.72. The second kappa shape index (κ2) is 7.80. The van der Waals surface area contributed by atoms with Crippen molar-refractivity contribution in [3.05, 3.63) is 18.2 Å². The van der Waals surface area contributed by atoms with Gasteiger partial charge in [0.05, 0.1) is 14.2 Å². The average molecular weight is 330 g/mol. The normalized spacial score (nSPS) is 13.5. The Morgan fingerprint density at radius 2 is 1.68 bits per heavy atom. The second-order valence-electron chi connectivity index (χ2n) is 5.51. The highest BCUT2D eigenvalue weighted by atomic mass is 32.2. The maximum absolute atomic E-state index is 12.8. The lowest BCUT2D eigenvalue weighted by atomic mass is 10.0. The Morgan fingerprint density at radius 3 is 2.09 bits per heavy atom. The summed E-state index contributed by atoms with van der Waals surface area (Å²) < 4.78 is 37.2. The Balaban J connectivity index is 3.08. The topological polar surface area (TPSA) is 81.9 Å². The highest BCUT2D eigenvalue weighted by Gasteiger charge is 2.29. The molecule has 6 nitrogen and oxygen atoms in total. The Hall–Kier alpha value is -1.31. The summed E-state index contributed by atoms with van der Waals surface area (Å²) in [7, 11) is 0.684. The monoisotopic (exact) mass is 330 g/mol. The number of nitrogens with two attached hydrogens (primary N) is 1. The van der Waals surface area contributed by atoms with Crippen LogP contribution in [0.3, 0.4) is 0 Å².